The molecule has 0 spiro atoms. The average molecular weight is 273 g/mol. The van der Waals surface area contributed by atoms with E-state index in [0.29, 0.717) is 6.04 Å². The molecule has 3 heteroatoms. The van der Waals surface area contributed by atoms with E-state index in [1.54, 1.807) is 0 Å². The number of rotatable bonds is 3. The molecule has 20 heavy (non-hydrogen) atoms. The lowest BCUT2D eigenvalue weighted by Crippen LogP contribution is -2.37. The van der Waals surface area contributed by atoms with Crippen LogP contribution in [0.2, 0.25) is 0 Å². The zero-order valence-electron chi connectivity index (χ0n) is 12.3. The Morgan fingerprint density at radius 3 is 2.55 bits per heavy atom. The molecule has 0 bridgehead atoms. The highest BCUT2D eigenvalue weighted by Gasteiger charge is 2.45. The van der Waals surface area contributed by atoms with Gasteiger partial charge in [-0.15, -0.1) is 0 Å². The van der Waals surface area contributed by atoms with E-state index in [1.165, 1.54) is 36.9 Å². The third-order valence-electron chi connectivity index (χ3n) is 5.19. The van der Waals surface area contributed by atoms with E-state index in [1.807, 2.05) is 19.9 Å². The molecule has 0 amide bonds. The summed E-state index contributed by atoms with van der Waals surface area (Å²) in [6.45, 7) is 4.56. The summed E-state index contributed by atoms with van der Waals surface area (Å²) < 4.78 is 0. The van der Waals surface area contributed by atoms with Gasteiger partial charge in [-0.25, -0.2) is 0 Å². The van der Waals surface area contributed by atoms with Crippen molar-refractivity contribution in [1.82, 2.24) is 0 Å². The Balaban J connectivity index is 1.98. The SMILES string of the molecule is CC(C)(C(=O)O)C1CN(C2CCCC2)c2ccccc21. The maximum absolute atomic E-state index is 11.6. The minimum Gasteiger partial charge on any atom is -0.481 e. The van der Waals surface area contributed by atoms with Gasteiger partial charge in [0.15, 0.2) is 0 Å². The molecule has 1 fully saturated rings. The Labute approximate surface area is 120 Å². The third kappa shape index (κ3) is 2.00. The van der Waals surface area contributed by atoms with E-state index in [4.69, 9.17) is 0 Å². The highest BCUT2D eigenvalue weighted by atomic mass is 16.4. The summed E-state index contributed by atoms with van der Waals surface area (Å²) in [6.07, 6.45) is 5.09. The Bertz CT molecular complexity index is 517. The van der Waals surface area contributed by atoms with Crippen LogP contribution in [0.3, 0.4) is 0 Å². The molecule has 2 aliphatic rings. The Morgan fingerprint density at radius 2 is 1.90 bits per heavy atom. The van der Waals surface area contributed by atoms with Crippen LogP contribution in [0.1, 0.15) is 51.0 Å². The first-order chi connectivity index (χ1) is 9.51. The van der Waals surface area contributed by atoms with Gasteiger partial charge >= 0.3 is 5.97 Å². The smallest absolute Gasteiger partial charge is 0.309 e. The van der Waals surface area contributed by atoms with Crippen LogP contribution in [0.25, 0.3) is 0 Å². The molecule has 1 aromatic rings. The monoisotopic (exact) mass is 273 g/mol. The molecule has 1 atom stereocenters. The highest BCUT2D eigenvalue weighted by Crippen LogP contribution is 2.48. The van der Waals surface area contributed by atoms with Gasteiger partial charge in [0.1, 0.15) is 0 Å². The number of nitrogens with zero attached hydrogens (tertiary/aromatic N) is 1. The van der Waals surface area contributed by atoms with Crippen molar-refractivity contribution in [2.24, 2.45) is 5.41 Å². The first kappa shape index (κ1) is 13.5. The lowest BCUT2D eigenvalue weighted by molar-refractivity contribution is -0.148. The molecule has 1 N–H and O–H groups in total. The van der Waals surface area contributed by atoms with Crippen molar-refractivity contribution >= 4 is 11.7 Å². The number of para-hydroxylation sites is 1. The normalized spacial score (nSPS) is 23.1. The van der Waals surface area contributed by atoms with Gasteiger partial charge in [0.25, 0.3) is 0 Å². The van der Waals surface area contributed by atoms with Crippen LogP contribution in [-0.4, -0.2) is 23.7 Å². The highest BCUT2D eigenvalue weighted by molar-refractivity contribution is 5.77. The van der Waals surface area contributed by atoms with Gasteiger partial charge in [0.2, 0.25) is 0 Å². The van der Waals surface area contributed by atoms with Crippen molar-refractivity contribution < 1.29 is 9.90 Å². The summed E-state index contributed by atoms with van der Waals surface area (Å²) in [5, 5.41) is 9.56. The van der Waals surface area contributed by atoms with Crippen molar-refractivity contribution in [1.29, 1.82) is 0 Å². The van der Waals surface area contributed by atoms with Crippen molar-refractivity contribution in [3.8, 4) is 0 Å². The second kappa shape index (κ2) is 4.80. The number of benzene rings is 1. The molecule has 1 heterocycles. The summed E-state index contributed by atoms with van der Waals surface area (Å²) in [5.74, 6) is -0.623. The standard InChI is InChI=1S/C17H23NO2/c1-17(2,16(19)20)14-11-18(12-7-3-4-8-12)15-10-6-5-9-13(14)15/h5-6,9-10,12,14H,3-4,7-8,11H2,1-2H3,(H,19,20). The lowest BCUT2D eigenvalue weighted by atomic mass is 9.76. The van der Waals surface area contributed by atoms with Crippen LogP contribution >= 0.6 is 0 Å². The van der Waals surface area contributed by atoms with Crippen LogP contribution < -0.4 is 4.90 Å². The minimum absolute atomic E-state index is 0.0804. The number of fused-ring (bicyclic) bond motifs is 1. The topological polar surface area (TPSA) is 40.5 Å². The maximum Gasteiger partial charge on any atom is 0.309 e. The quantitative estimate of drug-likeness (QED) is 0.914. The summed E-state index contributed by atoms with van der Waals surface area (Å²) >= 11 is 0. The number of carboxylic acids is 1. The summed E-state index contributed by atoms with van der Waals surface area (Å²) in [5.41, 5.74) is 1.76. The zero-order valence-corrected chi connectivity index (χ0v) is 12.3. The molecule has 3 rings (SSSR count). The third-order valence-corrected chi connectivity index (χ3v) is 5.19. The lowest BCUT2D eigenvalue weighted by Gasteiger charge is -2.30. The van der Waals surface area contributed by atoms with Crippen LogP contribution in [0.4, 0.5) is 5.69 Å². The molecule has 0 saturated heterocycles. The summed E-state index contributed by atoms with van der Waals surface area (Å²) in [7, 11) is 0. The fourth-order valence-corrected chi connectivity index (χ4v) is 3.76. The summed E-state index contributed by atoms with van der Waals surface area (Å²) in [4.78, 5) is 14.1. The largest absolute Gasteiger partial charge is 0.481 e. The number of hydrogen-bond acceptors (Lipinski definition) is 2. The van der Waals surface area contributed by atoms with Crippen LogP contribution in [0.15, 0.2) is 24.3 Å². The van der Waals surface area contributed by atoms with E-state index in [9.17, 15) is 9.90 Å². The van der Waals surface area contributed by atoms with Crippen LogP contribution in [0.5, 0.6) is 0 Å². The first-order valence-corrected chi connectivity index (χ1v) is 7.61. The second-order valence-corrected chi connectivity index (χ2v) is 6.73. The number of hydrogen-bond donors (Lipinski definition) is 1. The van der Waals surface area contributed by atoms with Gasteiger partial charge in [-0.1, -0.05) is 31.0 Å². The molecule has 1 saturated carbocycles. The second-order valence-electron chi connectivity index (χ2n) is 6.73. The molecule has 1 aliphatic heterocycles. The Hall–Kier alpha value is -1.51. The van der Waals surface area contributed by atoms with Gasteiger partial charge in [-0.2, -0.15) is 0 Å². The minimum atomic E-state index is -0.719. The van der Waals surface area contributed by atoms with Crippen molar-refractivity contribution in [3.05, 3.63) is 29.8 Å². The summed E-state index contributed by atoms with van der Waals surface area (Å²) in [6, 6.07) is 8.97. The number of aliphatic carboxylic acids is 1. The van der Waals surface area contributed by atoms with E-state index in [2.05, 4.69) is 23.1 Å². The van der Waals surface area contributed by atoms with Gasteiger partial charge in [-0.3, -0.25) is 4.79 Å². The molecule has 0 aromatic heterocycles. The van der Waals surface area contributed by atoms with Crippen LogP contribution in [0, 0.1) is 5.41 Å². The molecular weight excluding hydrogens is 250 g/mol. The molecule has 0 radical (unpaired) electrons. The van der Waals surface area contributed by atoms with Gasteiger partial charge in [0, 0.05) is 24.2 Å². The van der Waals surface area contributed by atoms with Crippen LogP contribution in [-0.2, 0) is 4.79 Å². The molecule has 1 aliphatic carbocycles. The molecule has 3 nitrogen and oxygen atoms in total. The van der Waals surface area contributed by atoms with Crippen molar-refractivity contribution in [3.63, 3.8) is 0 Å². The van der Waals surface area contributed by atoms with Gasteiger partial charge < -0.3 is 10.0 Å². The molecular formula is C17H23NO2. The average Bonchev–Trinajstić information content (AvgIpc) is 3.05. The van der Waals surface area contributed by atoms with Crippen molar-refractivity contribution in [2.75, 3.05) is 11.4 Å². The van der Waals surface area contributed by atoms with E-state index < -0.39 is 11.4 Å². The molecule has 108 valence electrons. The van der Waals surface area contributed by atoms with Crippen molar-refractivity contribution in [2.45, 2.75) is 51.5 Å². The number of anilines is 1. The zero-order chi connectivity index (χ0) is 14.3. The maximum atomic E-state index is 11.6. The predicted molar refractivity (Wildman–Crippen MR) is 80.2 cm³/mol. The molecule has 1 unspecified atom stereocenters. The Kier molecular flexibility index (Phi) is 3.23. The predicted octanol–water partition coefficient (Wildman–Crippen LogP) is 3.64. The first-order valence-electron chi connectivity index (χ1n) is 7.61. The van der Waals surface area contributed by atoms with E-state index in [0.717, 1.165) is 6.54 Å². The van der Waals surface area contributed by atoms with E-state index in [-0.39, 0.29) is 5.92 Å². The number of carboxylic acid groups (broad SMARTS) is 1. The fraction of sp³-hybridized carbons (Fsp3) is 0.588. The fourth-order valence-electron chi connectivity index (χ4n) is 3.76. The Morgan fingerprint density at radius 1 is 1.25 bits per heavy atom. The van der Waals surface area contributed by atoms with Gasteiger partial charge in [0.05, 0.1) is 5.41 Å². The van der Waals surface area contributed by atoms with E-state index >= 15 is 0 Å². The molecule has 1 aromatic carbocycles. The number of carbonyl (C=O) groups is 1. The van der Waals surface area contributed by atoms with Gasteiger partial charge in [-0.05, 0) is 38.3 Å².